The minimum atomic E-state index is -0.386. The second-order valence-corrected chi connectivity index (χ2v) is 7.72. The Labute approximate surface area is 128 Å². The maximum Gasteiger partial charge on any atom is 0.223 e. The second kappa shape index (κ2) is 6.66. The van der Waals surface area contributed by atoms with Crippen LogP contribution in [-0.2, 0) is 4.79 Å². The number of carbonyl (C=O) groups is 1. The predicted octanol–water partition coefficient (Wildman–Crippen LogP) is 2.20. The largest absolute Gasteiger partial charge is 0.391 e. The van der Waals surface area contributed by atoms with E-state index in [0.717, 1.165) is 44.9 Å². The van der Waals surface area contributed by atoms with E-state index in [4.69, 9.17) is 5.73 Å². The van der Waals surface area contributed by atoms with E-state index in [1.807, 2.05) is 0 Å². The fourth-order valence-electron chi connectivity index (χ4n) is 4.06. The molecule has 4 N–H and O–H groups in total. The van der Waals surface area contributed by atoms with Crippen molar-refractivity contribution in [3.05, 3.63) is 0 Å². The lowest BCUT2D eigenvalue weighted by molar-refractivity contribution is -0.134. The molecule has 0 aromatic rings. The van der Waals surface area contributed by atoms with Crippen molar-refractivity contribution in [3.63, 3.8) is 0 Å². The van der Waals surface area contributed by atoms with Gasteiger partial charge < -0.3 is 16.2 Å². The van der Waals surface area contributed by atoms with Crippen LogP contribution < -0.4 is 11.1 Å². The van der Waals surface area contributed by atoms with Gasteiger partial charge in [0.1, 0.15) is 0 Å². The molecule has 1 amide bonds. The van der Waals surface area contributed by atoms with Crippen molar-refractivity contribution >= 4 is 5.91 Å². The molecular weight excluding hydrogens is 264 g/mol. The van der Waals surface area contributed by atoms with E-state index in [9.17, 15) is 9.90 Å². The van der Waals surface area contributed by atoms with Crippen molar-refractivity contribution in [2.45, 2.75) is 83.9 Å². The van der Waals surface area contributed by atoms with Gasteiger partial charge in [0.25, 0.3) is 0 Å². The first kappa shape index (κ1) is 16.8. The van der Waals surface area contributed by atoms with Gasteiger partial charge >= 0.3 is 0 Å². The number of rotatable bonds is 2. The Morgan fingerprint density at radius 1 is 1.14 bits per heavy atom. The van der Waals surface area contributed by atoms with E-state index in [2.05, 4.69) is 26.1 Å². The van der Waals surface area contributed by atoms with Crippen molar-refractivity contribution in [2.75, 3.05) is 0 Å². The van der Waals surface area contributed by atoms with Crippen molar-refractivity contribution < 1.29 is 9.90 Å². The Bertz CT molecular complexity index is 370. The van der Waals surface area contributed by atoms with E-state index in [-0.39, 0.29) is 35.4 Å². The van der Waals surface area contributed by atoms with Gasteiger partial charge in [0.05, 0.1) is 12.1 Å². The number of aliphatic hydroxyl groups is 1. The van der Waals surface area contributed by atoms with Crippen molar-refractivity contribution in [2.24, 2.45) is 23.0 Å². The van der Waals surface area contributed by atoms with E-state index in [0.29, 0.717) is 5.92 Å². The molecule has 0 spiro atoms. The normalized spacial score (nSPS) is 40.3. The molecule has 0 aromatic heterocycles. The van der Waals surface area contributed by atoms with E-state index in [1.165, 1.54) is 0 Å². The highest BCUT2D eigenvalue weighted by atomic mass is 16.3. The zero-order chi connectivity index (χ0) is 15.6. The summed E-state index contributed by atoms with van der Waals surface area (Å²) in [7, 11) is 0. The lowest BCUT2D eigenvalue weighted by Gasteiger charge is -2.46. The number of nitrogens with two attached hydrogens (primary N) is 1. The molecule has 2 aliphatic rings. The van der Waals surface area contributed by atoms with E-state index in [1.54, 1.807) is 0 Å². The maximum atomic E-state index is 12.7. The molecule has 0 heterocycles. The van der Waals surface area contributed by atoms with Gasteiger partial charge in [-0.2, -0.15) is 0 Å². The Morgan fingerprint density at radius 3 is 2.52 bits per heavy atom. The van der Waals surface area contributed by atoms with Gasteiger partial charge in [-0.1, -0.05) is 40.0 Å². The van der Waals surface area contributed by atoms with Crippen molar-refractivity contribution in [3.8, 4) is 0 Å². The highest BCUT2D eigenvalue weighted by Gasteiger charge is 2.45. The molecule has 5 unspecified atom stereocenters. The van der Waals surface area contributed by atoms with Crippen molar-refractivity contribution in [1.82, 2.24) is 5.32 Å². The van der Waals surface area contributed by atoms with Gasteiger partial charge in [-0.3, -0.25) is 4.79 Å². The predicted molar refractivity (Wildman–Crippen MR) is 84.7 cm³/mol. The number of hydrogen-bond donors (Lipinski definition) is 3. The zero-order valence-electron chi connectivity index (χ0n) is 13.8. The Balaban J connectivity index is 2.02. The molecule has 0 radical (unpaired) electrons. The summed E-state index contributed by atoms with van der Waals surface area (Å²) in [4.78, 5) is 12.7. The second-order valence-electron chi connectivity index (χ2n) is 7.72. The average Bonchev–Trinajstić information content (AvgIpc) is 2.61. The Hall–Kier alpha value is -0.610. The number of carbonyl (C=O) groups excluding carboxylic acids is 1. The molecule has 0 saturated heterocycles. The number of nitrogens with one attached hydrogen (secondary N) is 1. The molecule has 2 rings (SSSR count). The molecule has 21 heavy (non-hydrogen) atoms. The zero-order valence-corrected chi connectivity index (χ0v) is 13.8. The highest BCUT2D eigenvalue weighted by molar-refractivity contribution is 5.80. The highest BCUT2D eigenvalue weighted by Crippen LogP contribution is 2.44. The van der Waals surface area contributed by atoms with Crippen LogP contribution >= 0.6 is 0 Å². The molecule has 0 aromatic carbocycles. The molecule has 0 bridgehead atoms. The first-order valence-corrected chi connectivity index (χ1v) is 8.58. The molecule has 4 heteroatoms. The topological polar surface area (TPSA) is 75.4 Å². The molecule has 4 nitrogen and oxygen atoms in total. The maximum absolute atomic E-state index is 12.7. The van der Waals surface area contributed by atoms with Crippen LogP contribution in [0.1, 0.15) is 65.7 Å². The third-order valence-corrected chi connectivity index (χ3v) is 6.13. The first-order chi connectivity index (χ1) is 9.84. The number of hydrogen-bond acceptors (Lipinski definition) is 3. The summed E-state index contributed by atoms with van der Waals surface area (Å²) >= 11 is 0. The van der Waals surface area contributed by atoms with Gasteiger partial charge in [0.15, 0.2) is 0 Å². The van der Waals surface area contributed by atoms with Gasteiger partial charge in [-0.05, 0) is 37.0 Å². The lowest BCUT2D eigenvalue weighted by Crippen LogP contribution is -2.54. The van der Waals surface area contributed by atoms with Gasteiger partial charge in [-0.15, -0.1) is 0 Å². The van der Waals surface area contributed by atoms with Gasteiger partial charge in [-0.25, -0.2) is 0 Å². The fourth-order valence-corrected chi connectivity index (χ4v) is 4.06. The van der Waals surface area contributed by atoms with Crippen LogP contribution in [0.3, 0.4) is 0 Å². The summed E-state index contributed by atoms with van der Waals surface area (Å²) in [6.45, 7) is 6.47. The van der Waals surface area contributed by atoms with Crippen LogP contribution in [0.25, 0.3) is 0 Å². The summed E-state index contributed by atoms with van der Waals surface area (Å²) in [6.07, 6.45) is 6.40. The molecule has 2 saturated carbocycles. The van der Waals surface area contributed by atoms with E-state index >= 15 is 0 Å². The Morgan fingerprint density at radius 2 is 1.81 bits per heavy atom. The third kappa shape index (κ3) is 3.59. The Kier molecular flexibility index (Phi) is 5.31. The van der Waals surface area contributed by atoms with Crippen LogP contribution in [0.2, 0.25) is 0 Å². The lowest BCUT2D eigenvalue weighted by atomic mass is 9.61. The number of aliphatic hydroxyl groups excluding tert-OH is 1. The van der Waals surface area contributed by atoms with Gasteiger partial charge in [0, 0.05) is 12.0 Å². The molecule has 122 valence electrons. The summed E-state index contributed by atoms with van der Waals surface area (Å²) in [5, 5.41) is 13.3. The SMILES string of the molecule is CC1C(N)CCC(C(=O)NC2CCCCCC2O)C1(C)C. The first-order valence-electron chi connectivity index (χ1n) is 8.58. The van der Waals surface area contributed by atoms with Gasteiger partial charge in [0.2, 0.25) is 5.91 Å². The number of amides is 1. The molecule has 2 fully saturated rings. The van der Waals surface area contributed by atoms with Crippen LogP contribution in [-0.4, -0.2) is 29.2 Å². The minimum absolute atomic E-state index is 0.00255. The summed E-state index contributed by atoms with van der Waals surface area (Å²) < 4.78 is 0. The molecule has 2 aliphatic carbocycles. The van der Waals surface area contributed by atoms with Crippen LogP contribution in [0.15, 0.2) is 0 Å². The van der Waals surface area contributed by atoms with Crippen LogP contribution in [0, 0.1) is 17.3 Å². The molecular formula is C17H32N2O2. The van der Waals surface area contributed by atoms with E-state index < -0.39 is 0 Å². The minimum Gasteiger partial charge on any atom is -0.391 e. The fraction of sp³-hybridized carbons (Fsp3) is 0.941. The monoisotopic (exact) mass is 296 g/mol. The third-order valence-electron chi connectivity index (χ3n) is 6.13. The summed E-state index contributed by atoms with van der Waals surface area (Å²) in [5.74, 6) is 0.452. The molecule has 5 atom stereocenters. The summed E-state index contributed by atoms with van der Waals surface area (Å²) in [6, 6.07) is 0.120. The standard InChI is InChI=1S/C17H32N2O2/c1-11-13(18)10-9-12(17(11,2)3)16(21)19-14-7-5-4-6-8-15(14)20/h11-15,20H,4-10,18H2,1-3H3,(H,19,21). The van der Waals surface area contributed by atoms with Crippen molar-refractivity contribution in [1.29, 1.82) is 0 Å². The van der Waals surface area contributed by atoms with Crippen LogP contribution in [0.4, 0.5) is 0 Å². The summed E-state index contributed by atoms with van der Waals surface area (Å²) in [5.41, 5.74) is 6.09. The smallest absolute Gasteiger partial charge is 0.223 e. The quantitative estimate of drug-likeness (QED) is 0.684. The van der Waals surface area contributed by atoms with Crippen LogP contribution in [0.5, 0.6) is 0 Å². The molecule has 0 aliphatic heterocycles. The average molecular weight is 296 g/mol.